The summed E-state index contributed by atoms with van der Waals surface area (Å²) < 4.78 is 68.1. The minimum Gasteiger partial charge on any atom is -0.423 e. The number of rotatable bonds is 6. The third-order valence-electron chi connectivity index (χ3n) is 4.67. The third kappa shape index (κ3) is 5.06. The Kier molecular flexibility index (Phi) is 7.00. The summed E-state index contributed by atoms with van der Waals surface area (Å²) in [7, 11) is 0. The Balaban J connectivity index is 1.92. The van der Waals surface area contributed by atoms with Gasteiger partial charge in [0.05, 0.1) is 0 Å². The lowest BCUT2D eigenvalue weighted by Crippen LogP contribution is -2.10. The molecule has 3 aromatic carbocycles. The van der Waals surface area contributed by atoms with Gasteiger partial charge in [-0.15, -0.1) is 0 Å². The molecule has 4 nitrogen and oxygen atoms in total. The van der Waals surface area contributed by atoms with Crippen LogP contribution in [0.15, 0.2) is 72.8 Å². The van der Waals surface area contributed by atoms with Crippen LogP contribution >= 0.6 is 0 Å². The second kappa shape index (κ2) is 9.74. The fourth-order valence-corrected chi connectivity index (χ4v) is 2.89. The molecule has 0 saturated carbocycles. The van der Waals surface area contributed by atoms with Crippen LogP contribution in [-0.4, -0.2) is 11.9 Å². The van der Waals surface area contributed by atoms with Crippen molar-refractivity contribution in [2.24, 2.45) is 0 Å². The molecule has 3 rings (SSSR count). The van der Waals surface area contributed by atoms with E-state index in [0.717, 1.165) is 30.3 Å². The maximum Gasteiger partial charge on any atom is 0.338 e. The first-order chi connectivity index (χ1) is 16.0. The number of carbonyl (C=O) groups is 2. The molecule has 0 amide bonds. The second-order valence-corrected chi connectivity index (χ2v) is 7.42. The van der Waals surface area contributed by atoms with Crippen molar-refractivity contribution in [1.29, 1.82) is 0 Å². The van der Waals surface area contributed by atoms with Crippen LogP contribution in [0.2, 0.25) is 0 Å². The summed E-state index contributed by atoms with van der Waals surface area (Å²) in [6.07, 6.45) is 0. The number of benzene rings is 3. The van der Waals surface area contributed by atoms with Gasteiger partial charge in [-0.3, -0.25) is 0 Å². The van der Waals surface area contributed by atoms with E-state index in [4.69, 9.17) is 9.47 Å². The van der Waals surface area contributed by atoms with Crippen molar-refractivity contribution in [1.82, 2.24) is 0 Å². The van der Waals surface area contributed by atoms with E-state index < -0.39 is 46.5 Å². The molecule has 8 heteroatoms. The topological polar surface area (TPSA) is 52.6 Å². The zero-order valence-corrected chi connectivity index (χ0v) is 18.2. The molecular formula is C26H18F4O4. The van der Waals surface area contributed by atoms with E-state index in [-0.39, 0.29) is 33.6 Å². The first kappa shape index (κ1) is 24.4. The van der Waals surface area contributed by atoms with Gasteiger partial charge in [0.1, 0.15) is 17.4 Å². The molecule has 34 heavy (non-hydrogen) atoms. The van der Waals surface area contributed by atoms with Crippen LogP contribution < -0.4 is 9.47 Å². The zero-order chi connectivity index (χ0) is 25.2. The highest BCUT2D eigenvalue weighted by Gasteiger charge is 2.21. The summed E-state index contributed by atoms with van der Waals surface area (Å²) in [5, 5.41) is 0. The van der Waals surface area contributed by atoms with Crippen molar-refractivity contribution in [3.63, 3.8) is 0 Å². The van der Waals surface area contributed by atoms with Gasteiger partial charge >= 0.3 is 11.9 Å². The molecule has 0 aliphatic heterocycles. The van der Waals surface area contributed by atoms with Crippen molar-refractivity contribution >= 4 is 11.9 Å². The van der Waals surface area contributed by atoms with Gasteiger partial charge in [-0.1, -0.05) is 25.3 Å². The van der Waals surface area contributed by atoms with Gasteiger partial charge in [-0.2, -0.15) is 4.39 Å². The predicted molar refractivity (Wildman–Crippen MR) is 118 cm³/mol. The van der Waals surface area contributed by atoms with E-state index >= 15 is 0 Å². The number of ether oxygens (including phenoxy) is 2. The lowest BCUT2D eigenvalue weighted by atomic mass is 9.98. The maximum absolute atomic E-state index is 14.8. The molecule has 3 aromatic rings. The molecule has 0 atom stereocenters. The number of hydrogen-bond acceptors (Lipinski definition) is 4. The van der Waals surface area contributed by atoms with Gasteiger partial charge in [0.2, 0.25) is 5.82 Å². The highest BCUT2D eigenvalue weighted by molar-refractivity contribution is 5.89. The smallest absolute Gasteiger partial charge is 0.338 e. The molecule has 0 fully saturated rings. The van der Waals surface area contributed by atoms with Crippen LogP contribution in [0.5, 0.6) is 11.5 Å². The Morgan fingerprint density at radius 1 is 0.676 bits per heavy atom. The average Bonchev–Trinajstić information content (AvgIpc) is 2.77. The molecule has 0 aliphatic rings. The van der Waals surface area contributed by atoms with E-state index in [2.05, 4.69) is 13.2 Å². The molecule has 0 N–H and O–H groups in total. The molecule has 0 bridgehead atoms. The van der Waals surface area contributed by atoms with Crippen LogP contribution in [0.1, 0.15) is 13.8 Å². The Labute approximate surface area is 192 Å². The Hall–Kier alpha value is -4.20. The Morgan fingerprint density at radius 3 is 1.82 bits per heavy atom. The summed E-state index contributed by atoms with van der Waals surface area (Å²) in [5.41, 5.74) is -0.476. The predicted octanol–water partition coefficient (Wildman–Crippen LogP) is 6.54. The second-order valence-electron chi connectivity index (χ2n) is 7.42. The molecule has 0 aromatic heterocycles. The number of halogens is 4. The van der Waals surface area contributed by atoms with Gasteiger partial charge in [0, 0.05) is 33.9 Å². The lowest BCUT2D eigenvalue weighted by molar-refractivity contribution is -0.131. The normalized spacial score (nSPS) is 10.5. The molecule has 0 radical (unpaired) electrons. The molecule has 0 heterocycles. The Bertz CT molecular complexity index is 1340. The van der Waals surface area contributed by atoms with E-state index in [1.165, 1.54) is 32.0 Å². The summed E-state index contributed by atoms with van der Waals surface area (Å²) in [4.78, 5) is 23.1. The van der Waals surface area contributed by atoms with Crippen molar-refractivity contribution in [3.8, 4) is 33.8 Å². The summed E-state index contributed by atoms with van der Waals surface area (Å²) in [5.74, 6) is -7.02. The van der Waals surface area contributed by atoms with Gasteiger partial charge < -0.3 is 9.47 Å². The van der Waals surface area contributed by atoms with Crippen molar-refractivity contribution in [3.05, 3.63) is 96.1 Å². The van der Waals surface area contributed by atoms with Gasteiger partial charge in [0.25, 0.3) is 0 Å². The van der Waals surface area contributed by atoms with Crippen LogP contribution in [0, 0.1) is 23.3 Å². The fraction of sp³-hybridized carbons (Fsp3) is 0.0769. The Morgan fingerprint density at radius 2 is 1.24 bits per heavy atom. The monoisotopic (exact) mass is 470 g/mol. The average molecular weight is 470 g/mol. The summed E-state index contributed by atoms with van der Waals surface area (Å²) in [6, 6.07) is 9.07. The van der Waals surface area contributed by atoms with Crippen LogP contribution in [0.4, 0.5) is 17.6 Å². The van der Waals surface area contributed by atoms with Crippen molar-refractivity contribution < 1.29 is 36.6 Å². The SMILES string of the molecule is C=C(C)C(=O)Oc1ccc(-c2ccc(-c3ccc(OC(=O)C(=C)C)c(F)c3F)c(F)c2)c(F)c1. The van der Waals surface area contributed by atoms with Crippen LogP contribution in [-0.2, 0) is 9.59 Å². The number of carbonyl (C=O) groups excluding carboxylic acids is 2. The number of esters is 2. The van der Waals surface area contributed by atoms with Gasteiger partial charge in [-0.05, 0) is 49.7 Å². The minimum absolute atomic E-state index is 0.00529. The van der Waals surface area contributed by atoms with Crippen LogP contribution in [0.25, 0.3) is 22.3 Å². The molecular weight excluding hydrogens is 452 g/mol. The van der Waals surface area contributed by atoms with E-state index in [9.17, 15) is 27.2 Å². The summed E-state index contributed by atoms with van der Waals surface area (Å²) in [6.45, 7) is 9.56. The molecule has 0 spiro atoms. The molecule has 0 saturated heterocycles. The molecule has 0 unspecified atom stereocenters. The zero-order valence-electron chi connectivity index (χ0n) is 18.2. The quantitative estimate of drug-likeness (QED) is 0.178. The first-order valence-corrected chi connectivity index (χ1v) is 9.82. The lowest BCUT2D eigenvalue weighted by Gasteiger charge is -2.12. The minimum atomic E-state index is -1.47. The standard InChI is InChI=1S/C26H18F4O4/c1-13(2)25(31)33-16-6-8-17(21(28)12-16)15-5-7-18(20(27)11-15)19-9-10-22(24(30)23(19)29)34-26(32)14(3)4/h5-12H,1,3H2,2,4H3. The van der Waals surface area contributed by atoms with Crippen LogP contribution in [0.3, 0.4) is 0 Å². The van der Waals surface area contributed by atoms with Gasteiger partial charge in [0.15, 0.2) is 11.6 Å². The van der Waals surface area contributed by atoms with E-state index in [0.29, 0.717) is 0 Å². The maximum atomic E-state index is 14.8. The highest BCUT2D eigenvalue weighted by Crippen LogP contribution is 2.34. The fourth-order valence-electron chi connectivity index (χ4n) is 2.89. The number of hydrogen-bond donors (Lipinski definition) is 0. The first-order valence-electron chi connectivity index (χ1n) is 9.82. The highest BCUT2D eigenvalue weighted by atomic mass is 19.2. The molecule has 174 valence electrons. The van der Waals surface area contributed by atoms with E-state index in [1.807, 2.05) is 0 Å². The molecule has 0 aliphatic carbocycles. The van der Waals surface area contributed by atoms with Crippen molar-refractivity contribution in [2.75, 3.05) is 0 Å². The van der Waals surface area contributed by atoms with Crippen molar-refractivity contribution in [2.45, 2.75) is 13.8 Å². The summed E-state index contributed by atoms with van der Waals surface area (Å²) >= 11 is 0. The third-order valence-corrected chi connectivity index (χ3v) is 4.67. The largest absolute Gasteiger partial charge is 0.423 e. The van der Waals surface area contributed by atoms with E-state index in [1.54, 1.807) is 0 Å². The van der Waals surface area contributed by atoms with Gasteiger partial charge in [-0.25, -0.2) is 22.8 Å².